The Morgan fingerprint density at radius 2 is 1.80 bits per heavy atom. The van der Waals surface area contributed by atoms with E-state index < -0.39 is 0 Å². The van der Waals surface area contributed by atoms with E-state index >= 15 is 0 Å². The van der Waals surface area contributed by atoms with Gasteiger partial charge in [0, 0.05) is 18.8 Å². The zero-order valence-electron chi connectivity index (χ0n) is 11.0. The number of benzene rings is 2. The topological polar surface area (TPSA) is 46.3 Å². The molecule has 2 N–H and O–H groups in total. The number of rotatable bonds is 2. The van der Waals surface area contributed by atoms with E-state index in [1.807, 2.05) is 18.2 Å². The summed E-state index contributed by atoms with van der Waals surface area (Å²) >= 11 is 0. The summed E-state index contributed by atoms with van der Waals surface area (Å²) in [5.41, 5.74) is 9.55. The van der Waals surface area contributed by atoms with Crippen LogP contribution in [0.1, 0.15) is 16.7 Å². The summed E-state index contributed by atoms with van der Waals surface area (Å²) in [6.07, 6.45) is 0.295. The van der Waals surface area contributed by atoms with Crippen LogP contribution in [0.3, 0.4) is 0 Å². The van der Waals surface area contributed by atoms with Crippen molar-refractivity contribution in [2.45, 2.75) is 19.5 Å². The molecule has 0 aromatic heterocycles. The molecular formula is C16H15FN2O. The van der Waals surface area contributed by atoms with E-state index in [-0.39, 0.29) is 11.7 Å². The van der Waals surface area contributed by atoms with Crippen LogP contribution < -0.4 is 5.73 Å². The fraction of sp³-hybridized carbons (Fsp3) is 0.188. The molecule has 3 rings (SSSR count). The molecule has 1 amide bonds. The van der Waals surface area contributed by atoms with Crippen molar-refractivity contribution in [2.24, 2.45) is 0 Å². The van der Waals surface area contributed by atoms with Crippen LogP contribution in [0.15, 0.2) is 42.5 Å². The maximum atomic E-state index is 12.8. The van der Waals surface area contributed by atoms with Gasteiger partial charge in [-0.25, -0.2) is 4.39 Å². The first-order chi connectivity index (χ1) is 9.61. The highest BCUT2D eigenvalue weighted by atomic mass is 19.1. The molecule has 0 aliphatic carbocycles. The third-order valence-corrected chi connectivity index (χ3v) is 3.57. The molecule has 4 heteroatoms. The molecule has 1 aliphatic rings. The monoisotopic (exact) mass is 270 g/mol. The SMILES string of the molecule is Nc1ccc2c(c1)CN(C(=O)Cc1ccc(F)cc1)C2. The number of carbonyl (C=O) groups excluding carboxylic acids is 1. The van der Waals surface area contributed by atoms with Crippen molar-refractivity contribution in [3.05, 3.63) is 65.0 Å². The number of halogens is 1. The van der Waals surface area contributed by atoms with Gasteiger partial charge in [0.05, 0.1) is 6.42 Å². The summed E-state index contributed by atoms with van der Waals surface area (Å²) in [4.78, 5) is 14.1. The minimum absolute atomic E-state index is 0.0476. The summed E-state index contributed by atoms with van der Waals surface area (Å²) in [5.74, 6) is -0.239. The largest absolute Gasteiger partial charge is 0.399 e. The first-order valence-corrected chi connectivity index (χ1v) is 6.51. The number of hydrogen-bond acceptors (Lipinski definition) is 2. The molecular weight excluding hydrogens is 255 g/mol. The van der Waals surface area contributed by atoms with Crippen molar-refractivity contribution in [2.75, 3.05) is 5.73 Å². The van der Waals surface area contributed by atoms with Crippen LogP contribution in [0.5, 0.6) is 0 Å². The molecule has 0 radical (unpaired) electrons. The number of amides is 1. The quantitative estimate of drug-likeness (QED) is 0.852. The van der Waals surface area contributed by atoms with Crippen molar-refractivity contribution in [1.29, 1.82) is 0 Å². The normalized spacial score (nSPS) is 13.3. The lowest BCUT2D eigenvalue weighted by atomic mass is 10.1. The Kier molecular flexibility index (Phi) is 3.14. The lowest BCUT2D eigenvalue weighted by Gasteiger charge is -2.15. The molecule has 0 atom stereocenters. The molecule has 20 heavy (non-hydrogen) atoms. The van der Waals surface area contributed by atoms with E-state index in [4.69, 9.17) is 5.73 Å². The summed E-state index contributed by atoms with van der Waals surface area (Å²) in [5, 5.41) is 0. The molecule has 0 bridgehead atoms. The van der Waals surface area contributed by atoms with Gasteiger partial charge in [-0.1, -0.05) is 18.2 Å². The average molecular weight is 270 g/mol. The van der Waals surface area contributed by atoms with Gasteiger partial charge in [-0.2, -0.15) is 0 Å². The van der Waals surface area contributed by atoms with Crippen LogP contribution in [0.25, 0.3) is 0 Å². The van der Waals surface area contributed by atoms with E-state index in [2.05, 4.69) is 0 Å². The highest BCUT2D eigenvalue weighted by Gasteiger charge is 2.23. The van der Waals surface area contributed by atoms with E-state index in [9.17, 15) is 9.18 Å². The van der Waals surface area contributed by atoms with E-state index in [1.54, 1.807) is 17.0 Å². The Bertz CT molecular complexity index is 652. The summed E-state index contributed by atoms with van der Waals surface area (Å²) in [7, 11) is 0. The Hall–Kier alpha value is -2.36. The number of nitrogens with zero attached hydrogens (tertiary/aromatic N) is 1. The lowest BCUT2D eigenvalue weighted by molar-refractivity contribution is -0.131. The molecule has 1 heterocycles. The van der Waals surface area contributed by atoms with Crippen molar-refractivity contribution >= 4 is 11.6 Å². The van der Waals surface area contributed by atoms with E-state index in [0.717, 1.165) is 22.4 Å². The number of hydrogen-bond donors (Lipinski definition) is 1. The molecule has 2 aromatic carbocycles. The predicted octanol–water partition coefficient (Wildman–Crippen LogP) is 2.49. The van der Waals surface area contributed by atoms with Crippen molar-refractivity contribution in [3.8, 4) is 0 Å². The summed E-state index contributed by atoms with van der Waals surface area (Å²) < 4.78 is 12.8. The zero-order chi connectivity index (χ0) is 14.1. The van der Waals surface area contributed by atoms with Gasteiger partial charge >= 0.3 is 0 Å². The molecule has 3 nitrogen and oxygen atoms in total. The number of carbonyl (C=O) groups is 1. The van der Waals surface area contributed by atoms with E-state index in [0.29, 0.717) is 19.5 Å². The second kappa shape index (κ2) is 4.96. The first kappa shape index (κ1) is 12.7. The minimum Gasteiger partial charge on any atom is -0.399 e. The number of nitrogens with two attached hydrogens (primary N) is 1. The number of nitrogen functional groups attached to an aromatic ring is 1. The Labute approximate surface area is 116 Å². The van der Waals surface area contributed by atoms with Gasteiger partial charge in [0.25, 0.3) is 0 Å². The van der Waals surface area contributed by atoms with Crippen molar-refractivity contribution in [1.82, 2.24) is 4.90 Å². The molecule has 1 aliphatic heterocycles. The Morgan fingerprint density at radius 1 is 1.10 bits per heavy atom. The second-order valence-corrected chi connectivity index (χ2v) is 5.08. The average Bonchev–Trinajstić information content (AvgIpc) is 2.84. The molecule has 0 spiro atoms. The van der Waals surface area contributed by atoms with Crippen LogP contribution >= 0.6 is 0 Å². The maximum Gasteiger partial charge on any atom is 0.227 e. The van der Waals surface area contributed by atoms with Gasteiger partial charge < -0.3 is 10.6 Å². The highest BCUT2D eigenvalue weighted by molar-refractivity contribution is 5.79. The zero-order valence-corrected chi connectivity index (χ0v) is 11.0. The fourth-order valence-electron chi connectivity index (χ4n) is 2.48. The van der Waals surface area contributed by atoms with Crippen LogP contribution in [0, 0.1) is 5.82 Å². The van der Waals surface area contributed by atoms with E-state index in [1.165, 1.54) is 12.1 Å². The van der Waals surface area contributed by atoms with Gasteiger partial charge in [-0.3, -0.25) is 4.79 Å². The van der Waals surface area contributed by atoms with Gasteiger partial charge in [0.2, 0.25) is 5.91 Å². The predicted molar refractivity (Wildman–Crippen MR) is 75.2 cm³/mol. The number of fused-ring (bicyclic) bond motifs is 1. The molecule has 2 aromatic rings. The summed E-state index contributed by atoms with van der Waals surface area (Å²) in [6, 6.07) is 11.8. The lowest BCUT2D eigenvalue weighted by Crippen LogP contribution is -2.26. The van der Waals surface area contributed by atoms with Crippen LogP contribution in [0.2, 0.25) is 0 Å². The van der Waals surface area contributed by atoms with Crippen molar-refractivity contribution in [3.63, 3.8) is 0 Å². The van der Waals surface area contributed by atoms with Crippen molar-refractivity contribution < 1.29 is 9.18 Å². The third kappa shape index (κ3) is 2.50. The van der Waals surface area contributed by atoms with Crippen LogP contribution in [-0.4, -0.2) is 10.8 Å². The van der Waals surface area contributed by atoms with Crippen LogP contribution in [0.4, 0.5) is 10.1 Å². The molecule has 0 fully saturated rings. The van der Waals surface area contributed by atoms with Gasteiger partial charge in [0.15, 0.2) is 0 Å². The Morgan fingerprint density at radius 3 is 2.55 bits per heavy atom. The highest BCUT2D eigenvalue weighted by Crippen LogP contribution is 2.25. The maximum absolute atomic E-state index is 12.8. The van der Waals surface area contributed by atoms with Gasteiger partial charge in [-0.15, -0.1) is 0 Å². The third-order valence-electron chi connectivity index (χ3n) is 3.57. The van der Waals surface area contributed by atoms with Gasteiger partial charge in [-0.05, 0) is 41.0 Å². The number of anilines is 1. The smallest absolute Gasteiger partial charge is 0.227 e. The molecule has 0 saturated carbocycles. The standard InChI is InChI=1S/C16H15FN2O/c17-14-4-1-11(2-5-14)7-16(20)19-9-12-3-6-15(18)8-13(12)10-19/h1-6,8H,7,9-10,18H2. The second-order valence-electron chi connectivity index (χ2n) is 5.08. The summed E-state index contributed by atoms with van der Waals surface area (Å²) in [6.45, 7) is 1.22. The molecule has 0 saturated heterocycles. The van der Waals surface area contributed by atoms with Gasteiger partial charge in [0.1, 0.15) is 5.82 Å². The molecule has 0 unspecified atom stereocenters. The van der Waals surface area contributed by atoms with Crippen LogP contribution in [-0.2, 0) is 24.3 Å². The Balaban J connectivity index is 1.69. The fourth-order valence-corrected chi connectivity index (χ4v) is 2.48. The first-order valence-electron chi connectivity index (χ1n) is 6.51. The molecule has 102 valence electrons. The minimum atomic E-state index is -0.287.